The Morgan fingerprint density at radius 3 is 2.70 bits per heavy atom. The molecule has 2 aliphatic heterocycles. The topological polar surface area (TPSA) is 40.6 Å². The van der Waals surface area contributed by atoms with Crippen LogP contribution in [0.3, 0.4) is 0 Å². The Kier molecular flexibility index (Phi) is 4.77. The molecule has 1 aromatic carbocycles. The smallest absolute Gasteiger partial charge is 0.266 e. The van der Waals surface area contributed by atoms with Gasteiger partial charge in [0, 0.05) is 18.7 Å². The molecule has 0 spiro atoms. The molecular weight excluding hydrogens is 335 g/mol. The van der Waals surface area contributed by atoms with Gasteiger partial charge in [0.05, 0.1) is 4.91 Å². The Labute approximate surface area is 143 Å². The third-order valence-electron chi connectivity index (χ3n) is 3.82. The largest absolute Gasteiger partial charge is 0.341 e. The number of thiocarbonyl (C=S) groups is 1. The molecule has 0 aromatic heterocycles. The molecule has 23 heavy (non-hydrogen) atoms. The molecule has 3 rings (SSSR count). The molecule has 0 unspecified atom stereocenters. The molecule has 0 atom stereocenters. The van der Waals surface area contributed by atoms with Crippen LogP contribution >= 0.6 is 24.0 Å². The molecule has 2 heterocycles. The van der Waals surface area contributed by atoms with Crippen LogP contribution in [0.4, 0.5) is 4.39 Å². The number of likely N-dealkylation sites (tertiary alicyclic amines) is 1. The first kappa shape index (κ1) is 16.1. The molecule has 120 valence electrons. The number of carbonyl (C=O) groups is 2. The molecule has 0 radical (unpaired) electrons. The SMILES string of the molecule is O=C(CN1C(=O)/C(=C\c2ccccc2F)SC1=S)N1CCCC1. The van der Waals surface area contributed by atoms with Crippen molar-refractivity contribution in [3.8, 4) is 0 Å². The normalized spacial score (nSPS) is 20.0. The van der Waals surface area contributed by atoms with E-state index in [2.05, 4.69) is 0 Å². The van der Waals surface area contributed by atoms with Crippen LogP contribution in [0.5, 0.6) is 0 Å². The zero-order valence-electron chi connectivity index (χ0n) is 12.3. The van der Waals surface area contributed by atoms with Crippen LogP contribution in [0.25, 0.3) is 6.08 Å². The Balaban J connectivity index is 1.75. The van der Waals surface area contributed by atoms with Gasteiger partial charge < -0.3 is 4.90 Å². The van der Waals surface area contributed by atoms with Crippen LogP contribution in [0.15, 0.2) is 29.2 Å². The number of thioether (sulfide) groups is 1. The van der Waals surface area contributed by atoms with E-state index in [9.17, 15) is 14.0 Å². The lowest BCUT2D eigenvalue weighted by Crippen LogP contribution is -2.40. The molecule has 0 saturated carbocycles. The minimum Gasteiger partial charge on any atom is -0.341 e. The van der Waals surface area contributed by atoms with Crippen molar-refractivity contribution in [1.29, 1.82) is 0 Å². The zero-order valence-corrected chi connectivity index (χ0v) is 14.0. The van der Waals surface area contributed by atoms with Crippen molar-refractivity contribution >= 4 is 46.2 Å². The predicted octanol–water partition coefficient (Wildman–Crippen LogP) is 2.65. The van der Waals surface area contributed by atoms with Crippen LogP contribution < -0.4 is 0 Å². The maximum atomic E-state index is 13.7. The number of halogens is 1. The molecule has 2 fully saturated rings. The molecule has 0 aliphatic carbocycles. The summed E-state index contributed by atoms with van der Waals surface area (Å²) in [6.45, 7) is 1.43. The maximum Gasteiger partial charge on any atom is 0.266 e. The quantitative estimate of drug-likeness (QED) is 0.621. The van der Waals surface area contributed by atoms with E-state index in [4.69, 9.17) is 12.2 Å². The molecular formula is C16H15FN2O2S2. The fourth-order valence-corrected chi connectivity index (χ4v) is 3.82. The highest BCUT2D eigenvalue weighted by Gasteiger charge is 2.34. The lowest BCUT2D eigenvalue weighted by atomic mass is 10.2. The first-order valence-corrected chi connectivity index (χ1v) is 8.56. The van der Waals surface area contributed by atoms with Crippen molar-refractivity contribution in [2.45, 2.75) is 12.8 Å². The lowest BCUT2D eigenvalue weighted by Gasteiger charge is -2.19. The van der Waals surface area contributed by atoms with E-state index in [1.807, 2.05) is 0 Å². The molecule has 7 heteroatoms. The number of carbonyl (C=O) groups excluding carboxylic acids is 2. The number of benzene rings is 1. The number of rotatable bonds is 3. The fraction of sp³-hybridized carbons (Fsp3) is 0.312. The van der Waals surface area contributed by atoms with Crippen LogP contribution in [0.1, 0.15) is 18.4 Å². The van der Waals surface area contributed by atoms with Crippen molar-refractivity contribution in [3.63, 3.8) is 0 Å². The van der Waals surface area contributed by atoms with Crippen molar-refractivity contribution in [1.82, 2.24) is 9.80 Å². The Morgan fingerprint density at radius 2 is 2.00 bits per heavy atom. The highest BCUT2D eigenvalue weighted by molar-refractivity contribution is 8.26. The number of hydrogen-bond acceptors (Lipinski definition) is 4. The highest BCUT2D eigenvalue weighted by Crippen LogP contribution is 2.32. The average Bonchev–Trinajstić information content (AvgIpc) is 3.14. The van der Waals surface area contributed by atoms with Gasteiger partial charge in [-0.3, -0.25) is 14.5 Å². The van der Waals surface area contributed by atoms with Crippen LogP contribution in [0, 0.1) is 5.82 Å². The van der Waals surface area contributed by atoms with Gasteiger partial charge in [0.1, 0.15) is 16.7 Å². The standard InChI is InChI=1S/C16H15FN2O2S2/c17-12-6-2-1-5-11(12)9-13-15(21)19(16(22)23-13)10-14(20)18-7-3-4-8-18/h1-2,5-6,9H,3-4,7-8,10H2/b13-9+. The minimum absolute atomic E-state index is 0.0424. The molecule has 2 amide bonds. The Bertz CT molecular complexity index is 699. The molecule has 2 aliphatic rings. The van der Waals surface area contributed by atoms with Crippen molar-refractivity contribution in [2.24, 2.45) is 0 Å². The van der Waals surface area contributed by atoms with Gasteiger partial charge >= 0.3 is 0 Å². The predicted molar refractivity (Wildman–Crippen MR) is 92.1 cm³/mol. The summed E-state index contributed by atoms with van der Waals surface area (Å²) in [5.41, 5.74) is 0.332. The number of hydrogen-bond donors (Lipinski definition) is 0. The van der Waals surface area contributed by atoms with Gasteiger partial charge in [0.15, 0.2) is 0 Å². The summed E-state index contributed by atoms with van der Waals surface area (Å²) in [6, 6.07) is 6.22. The van der Waals surface area contributed by atoms with E-state index in [0.717, 1.165) is 37.7 Å². The summed E-state index contributed by atoms with van der Waals surface area (Å²) < 4.78 is 14.0. The first-order valence-electron chi connectivity index (χ1n) is 7.34. The van der Waals surface area contributed by atoms with Gasteiger partial charge in [-0.05, 0) is 25.0 Å². The van der Waals surface area contributed by atoms with E-state index < -0.39 is 5.82 Å². The molecule has 4 nitrogen and oxygen atoms in total. The second-order valence-corrected chi connectivity index (χ2v) is 7.05. The minimum atomic E-state index is -0.397. The molecule has 0 bridgehead atoms. The van der Waals surface area contributed by atoms with Crippen LogP contribution in [-0.2, 0) is 9.59 Å². The zero-order chi connectivity index (χ0) is 16.4. The van der Waals surface area contributed by atoms with Crippen LogP contribution in [0.2, 0.25) is 0 Å². The molecule has 0 N–H and O–H groups in total. The van der Waals surface area contributed by atoms with Gasteiger partial charge in [-0.25, -0.2) is 4.39 Å². The second-order valence-electron chi connectivity index (χ2n) is 5.38. The lowest BCUT2D eigenvalue weighted by molar-refractivity contribution is -0.134. The van der Waals surface area contributed by atoms with Gasteiger partial charge in [-0.1, -0.05) is 42.2 Å². The van der Waals surface area contributed by atoms with Gasteiger partial charge in [-0.15, -0.1) is 0 Å². The fourth-order valence-electron chi connectivity index (χ4n) is 2.57. The summed E-state index contributed by atoms with van der Waals surface area (Å²) in [5, 5.41) is 0. The summed E-state index contributed by atoms with van der Waals surface area (Å²) in [7, 11) is 0. The molecule has 2 saturated heterocycles. The van der Waals surface area contributed by atoms with Crippen molar-refractivity contribution in [3.05, 3.63) is 40.6 Å². The van der Waals surface area contributed by atoms with E-state index >= 15 is 0 Å². The first-order chi connectivity index (χ1) is 11.1. The summed E-state index contributed by atoms with van der Waals surface area (Å²) in [4.78, 5) is 28.0. The van der Waals surface area contributed by atoms with Gasteiger partial charge in [0.25, 0.3) is 5.91 Å². The summed E-state index contributed by atoms with van der Waals surface area (Å²) >= 11 is 6.30. The van der Waals surface area contributed by atoms with Gasteiger partial charge in [-0.2, -0.15) is 0 Å². The Hall–Kier alpha value is -1.73. The third kappa shape index (κ3) is 3.45. The van der Waals surface area contributed by atoms with E-state index in [1.54, 1.807) is 23.1 Å². The van der Waals surface area contributed by atoms with Crippen molar-refractivity contribution in [2.75, 3.05) is 19.6 Å². The number of nitrogens with zero attached hydrogens (tertiary/aromatic N) is 2. The van der Waals surface area contributed by atoms with E-state index in [-0.39, 0.29) is 18.4 Å². The van der Waals surface area contributed by atoms with Crippen LogP contribution in [-0.4, -0.2) is 45.6 Å². The third-order valence-corrected chi connectivity index (χ3v) is 5.20. The summed E-state index contributed by atoms with van der Waals surface area (Å²) in [5.74, 6) is -0.826. The summed E-state index contributed by atoms with van der Waals surface area (Å²) in [6.07, 6.45) is 3.48. The highest BCUT2D eigenvalue weighted by atomic mass is 32.2. The van der Waals surface area contributed by atoms with Gasteiger partial charge in [0.2, 0.25) is 5.91 Å². The van der Waals surface area contributed by atoms with E-state index in [1.165, 1.54) is 17.0 Å². The molecule has 1 aromatic rings. The Morgan fingerprint density at radius 1 is 1.30 bits per heavy atom. The van der Waals surface area contributed by atoms with E-state index in [0.29, 0.717) is 14.8 Å². The van der Waals surface area contributed by atoms with Crippen molar-refractivity contribution < 1.29 is 14.0 Å². The average molecular weight is 350 g/mol. The second kappa shape index (κ2) is 6.80. The number of amides is 2. The maximum absolute atomic E-state index is 13.7. The monoisotopic (exact) mass is 350 g/mol.